The minimum absolute atomic E-state index is 0.100. The fourth-order valence-corrected chi connectivity index (χ4v) is 1.02. The van der Waals surface area contributed by atoms with Crippen molar-refractivity contribution in [2.45, 2.75) is 26.5 Å². The topological polar surface area (TPSA) is 60.2 Å². The average Bonchev–Trinajstić information content (AvgIpc) is 2.54. The van der Waals surface area contributed by atoms with Crippen LogP contribution in [0.25, 0.3) is 0 Å². The van der Waals surface area contributed by atoms with Crippen molar-refractivity contribution in [1.82, 2.24) is 15.5 Å². The van der Waals surface area contributed by atoms with Gasteiger partial charge in [0.05, 0.1) is 6.04 Å². The van der Waals surface area contributed by atoms with Gasteiger partial charge in [0, 0.05) is 7.11 Å². The van der Waals surface area contributed by atoms with Gasteiger partial charge in [-0.05, 0) is 13.5 Å². The molecular formula is C8H15N3O2. The molecule has 0 aliphatic carbocycles. The molecule has 5 heteroatoms. The van der Waals surface area contributed by atoms with Crippen LogP contribution in [0.2, 0.25) is 0 Å². The van der Waals surface area contributed by atoms with E-state index < -0.39 is 0 Å². The van der Waals surface area contributed by atoms with E-state index in [2.05, 4.69) is 15.5 Å². The summed E-state index contributed by atoms with van der Waals surface area (Å²) in [6.07, 6.45) is 0. The lowest BCUT2D eigenvalue weighted by molar-refractivity contribution is 0.174. The van der Waals surface area contributed by atoms with E-state index >= 15 is 0 Å². The van der Waals surface area contributed by atoms with Gasteiger partial charge in [0.2, 0.25) is 5.89 Å². The van der Waals surface area contributed by atoms with Crippen molar-refractivity contribution in [1.29, 1.82) is 0 Å². The van der Waals surface area contributed by atoms with Crippen LogP contribution in [-0.4, -0.2) is 23.8 Å². The van der Waals surface area contributed by atoms with Crippen molar-refractivity contribution in [3.8, 4) is 0 Å². The zero-order chi connectivity index (χ0) is 9.68. The van der Waals surface area contributed by atoms with Crippen LogP contribution in [0.15, 0.2) is 4.52 Å². The van der Waals surface area contributed by atoms with E-state index in [9.17, 15) is 0 Å². The number of aromatic nitrogens is 2. The highest BCUT2D eigenvalue weighted by molar-refractivity contribution is 4.89. The molecule has 5 nitrogen and oxygen atoms in total. The number of nitrogens with zero attached hydrogens (tertiary/aromatic N) is 2. The highest BCUT2D eigenvalue weighted by atomic mass is 16.5. The molecule has 0 bridgehead atoms. The summed E-state index contributed by atoms with van der Waals surface area (Å²) in [6.45, 7) is 5.28. The van der Waals surface area contributed by atoms with Crippen LogP contribution >= 0.6 is 0 Å². The van der Waals surface area contributed by atoms with Crippen molar-refractivity contribution in [3.05, 3.63) is 11.7 Å². The fraction of sp³-hybridized carbons (Fsp3) is 0.750. The van der Waals surface area contributed by atoms with Gasteiger partial charge in [-0.3, -0.25) is 0 Å². The molecule has 0 radical (unpaired) electrons. The lowest BCUT2D eigenvalue weighted by atomic mass is 10.3. The van der Waals surface area contributed by atoms with E-state index in [-0.39, 0.29) is 6.04 Å². The van der Waals surface area contributed by atoms with Crippen molar-refractivity contribution >= 4 is 0 Å². The summed E-state index contributed by atoms with van der Waals surface area (Å²) in [5.41, 5.74) is 0. The summed E-state index contributed by atoms with van der Waals surface area (Å²) in [6, 6.07) is 0.100. The molecule has 1 N–H and O–H groups in total. The van der Waals surface area contributed by atoms with E-state index in [1.54, 1.807) is 7.11 Å². The van der Waals surface area contributed by atoms with Crippen molar-refractivity contribution in [3.63, 3.8) is 0 Å². The average molecular weight is 185 g/mol. The van der Waals surface area contributed by atoms with Crippen molar-refractivity contribution in [2.75, 3.05) is 13.7 Å². The lowest BCUT2D eigenvalue weighted by Crippen LogP contribution is -2.17. The minimum Gasteiger partial charge on any atom is -0.377 e. The Labute approximate surface area is 77.5 Å². The van der Waals surface area contributed by atoms with Gasteiger partial charge in [0.25, 0.3) is 0 Å². The molecule has 1 aromatic rings. The first-order valence-electron chi connectivity index (χ1n) is 4.32. The monoisotopic (exact) mass is 185 g/mol. The third-order valence-corrected chi connectivity index (χ3v) is 1.64. The standard InChI is InChI=1S/C8H15N3O2/c1-4-9-6(2)8-10-7(5-12-3)11-13-8/h6,9H,4-5H2,1-3H3. The van der Waals surface area contributed by atoms with Gasteiger partial charge in [-0.15, -0.1) is 0 Å². The van der Waals surface area contributed by atoms with Crippen LogP contribution in [0.5, 0.6) is 0 Å². The maximum absolute atomic E-state index is 5.03. The maximum Gasteiger partial charge on any atom is 0.243 e. The van der Waals surface area contributed by atoms with Gasteiger partial charge >= 0.3 is 0 Å². The first kappa shape index (κ1) is 10.1. The second-order valence-electron chi connectivity index (χ2n) is 2.76. The molecule has 1 atom stereocenters. The van der Waals surface area contributed by atoms with Crippen LogP contribution < -0.4 is 5.32 Å². The molecule has 0 saturated carbocycles. The van der Waals surface area contributed by atoms with E-state index in [1.165, 1.54) is 0 Å². The Kier molecular flexibility index (Phi) is 3.85. The molecule has 1 heterocycles. The third kappa shape index (κ3) is 2.78. The summed E-state index contributed by atoms with van der Waals surface area (Å²) in [4.78, 5) is 4.15. The Morgan fingerprint density at radius 3 is 3.00 bits per heavy atom. The Bertz CT molecular complexity index is 249. The number of nitrogens with one attached hydrogen (secondary N) is 1. The quantitative estimate of drug-likeness (QED) is 0.738. The van der Waals surface area contributed by atoms with E-state index in [0.29, 0.717) is 18.3 Å². The van der Waals surface area contributed by atoms with E-state index in [0.717, 1.165) is 6.54 Å². The zero-order valence-electron chi connectivity index (χ0n) is 8.20. The highest BCUT2D eigenvalue weighted by Crippen LogP contribution is 2.08. The van der Waals surface area contributed by atoms with Gasteiger partial charge in [-0.2, -0.15) is 4.98 Å². The molecule has 13 heavy (non-hydrogen) atoms. The second-order valence-corrected chi connectivity index (χ2v) is 2.76. The van der Waals surface area contributed by atoms with Crippen LogP contribution in [0.4, 0.5) is 0 Å². The van der Waals surface area contributed by atoms with Crippen molar-refractivity contribution < 1.29 is 9.26 Å². The highest BCUT2D eigenvalue weighted by Gasteiger charge is 2.12. The fourth-order valence-electron chi connectivity index (χ4n) is 1.02. The first-order chi connectivity index (χ1) is 6.27. The largest absolute Gasteiger partial charge is 0.377 e. The van der Waals surface area contributed by atoms with Crippen LogP contribution in [0, 0.1) is 0 Å². The molecule has 1 rings (SSSR count). The van der Waals surface area contributed by atoms with E-state index in [1.807, 2.05) is 13.8 Å². The molecule has 1 unspecified atom stereocenters. The van der Waals surface area contributed by atoms with Gasteiger partial charge in [-0.25, -0.2) is 0 Å². The van der Waals surface area contributed by atoms with Gasteiger partial charge in [-0.1, -0.05) is 12.1 Å². The number of hydrogen-bond donors (Lipinski definition) is 1. The Balaban J connectivity index is 2.56. The Morgan fingerprint density at radius 2 is 2.38 bits per heavy atom. The molecule has 0 aliphatic heterocycles. The molecule has 0 aliphatic rings. The lowest BCUT2D eigenvalue weighted by Gasteiger charge is -2.04. The molecule has 0 fully saturated rings. The number of hydrogen-bond acceptors (Lipinski definition) is 5. The van der Waals surface area contributed by atoms with Crippen molar-refractivity contribution in [2.24, 2.45) is 0 Å². The van der Waals surface area contributed by atoms with Gasteiger partial charge in [0.15, 0.2) is 5.82 Å². The maximum atomic E-state index is 5.03. The van der Waals surface area contributed by atoms with E-state index in [4.69, 9.17) is 9.26 Å². The Hall–Kier alpha value is -0.940. The third-order valence-electron chi connectivity index (χ3n) is 1.64. The minimum atomic E-state index is 0.100. The molecule has 74 valence electrons. The zero-order valence-corrected chi connectivity index (χ0v) is 8.20. The smallest absolute Gasteiger partial charge is 0.243 e. The molecular weight excluding hydrogens is 170 g/mol. The SMILES string of the molecule is CCNC(C)c1nc(COC)no1. The van der Waals surface area contributed by atoms with Crippen LogP contribution in [0.3, 0.4) is 0 Å². The molecule has 0 saturated heterocycles. The summed E-state index contributed by atoms with van der Waals surface area (Å²) in [5, 5.41) is 6.94. The predicted octanol–water partition coefficient (Wildman–Crippen LogP) is 0.886. The summed E-state index contributed by atoms with van der Waals surface area (Å²) in [7, 11) is 1.60. The number of ether oxygens (including phenoxy) is 1. The van der Waals surface area contributed by atoms with Gasteiger partial charge < -0.3 is 14.6 Å². The van der Waals surface area contributed by atoms with Gasteiger partial charge in [0.1, 0.15) is 6.61 Å². The van der Waals surface area contributed by atoms with Crippen LogP contribution in [-0.2, 0) is 11.3 Å². The van der Waals surface area contributed by atoms with Crippen LogP contribution in [0.1, 0.15) is 31.6 Å². The molecule has 0 aromatic carbocycles. The Morgan fingerprint density at radius 1 is 1.62 bits per heavy atom. The number of rotatable bonds is 5. The first-order valence-corrected chi connectivity index (χ1v) is 4.32. The predicted molar refractivity (Wildman–Crippen MR) is 47.1 cm³/mol. The summed E-state index contributed by atoms with van der Waals surface area (Å²) in [5.74, 6) is 1.19. The molecule has 1 aromatic heterocycles. The normalized spacial score (nSPS) is 13.2. The molecule has 0 spiro atoms. The summed E-state index contributed by atoms with van der Waals surface area (Å²) >= 11 is 0. The second kappa shape index (κ2) is 4.94. The molecule has 0 amide bonds. The summed E-state index contributed by atoms with van der Waals surface area (Å²) < 4.78 is 9.90. The number of methoxy groups -OCH3 is 1.